The Morgan fingerprint density at radius 2 is 1.59 bits per heavy atom. The minimum Gasteiger partial charge on any atom is -0.469 e. The molecule has 5 aliphatic carbocycles. The van der Waals surface area contributed by atoms with Crippen molar-refractivity contribution in [2.24, 2.45) is 50.2 Å². The minimum absolute atomic E-state index is 0.0579. The van der Waals surface area contributed by atoms with Gasteiger partial charge in [0.15, 0.2) is 0 Å². The normalized spacial score (nSPS) is 54.6. The first-order valence-electron chi connectivity index (χ1n) is 14.5. The first-order chi connectivity index (χ1) is 17.1. The predicted octanol–water partition coefficient (Wildman–Crippen LogP) is 4.24. The van der Waals surface area contributed by atoms with Crippen LogP contribution in [0.2, 0.25) is 0 Å². The van der Waals surface area contributed by atoms with Crippen LogP contribution < -0.4 is 0 Å². The zero-order chi connectivity index (χ0) is 27.4. The Morgan fingerprint density at radius 1 is 0.946 bits per heavy atom. The highest BCUT2D eigenvalue weighted by Gasteiger charge is 2.72. The van der Waals surface area contributed by atoms with Crippen molar-refractivity contribution < 1.29 is 30.0 Å². The molecule has 0 heterocycles. The third-order valence-electron chi connectivity index (χ3n) is 13.5. The zero-order valence-corrected chi connectivity index (χ0v) is 24.0. The number of aliphatic hydroxyl groups excluding tert-OH is 4. The Morgan fingerprint density at radius 3 is 2.22 bits per heavy atom. The van der Waals surface area contributed by atoms with Gasteiger partial charge in [-0.3, -0.25) is 4.79 Å². The number of aliphatic hydroxyl groups is 4. The van der Waals surface area contributed by atoms with Crippen LogP contribution in [0, 0.1) is 50.2 Å². The lowest BCUT2D eigenvalue weighted by atomic mass is 9.33. The van der Waals surface area contributed by atoms with E-state index in [-0.39, 0.29) is 46.6 Å². The van der Waals surface area contributed by atoms with Crippen LogP contribution in [0.4, 0.5) is 0 Å². The first kappa shape index (κ1) is 27.6. The summed E-state index contributed by atoms with van der Waals surface area (Å²) in [5, 5.41) is 44.1. The van der Waals surface area contributed by atoms with Gasteiger partial charge < -0.3 is 25.2 Å². The molecular weight excluding hydrogens is 468 g/mol. The van der Waals surface area contributed by atoms with Gasteiger partial charge in [-0.25, -0.2) is 0 Å². The molecule has 0 spiro atoms. The van der Waals surface area contributed by atoms with Crippen molar-refractivity contribution in [1.29, 1.82) is 0 Å². The van der Waals surface area contributed by atoms with Crippen LogP contribution in [-0.2, 0) is 9.53 Å². The van der Waals surface area contributed by atoms with Crippen LogP contribution in [0.25, 0.3) is 0 Å². The zero-order valence-electron chi connectivity index (χ0n) is 24.0. The standard InChI is InChI=1S/C31H50O6/c1-26(2)12-14-31(25(36)37-7)15-13-28(4)18(19(31)16-26)8-9-21-29(28,5)11-10-20-27(3,17-32)23(34)22(33)24(35)30(20,21)6/h8,19-24,32-35H,9-17H2,1-7H3/t19-,20-,21-,22-,23-,24+,27-,28+,29+,30-,31-/m0/s1. The van der Waals surface area contributed by atoms with Crippen molar-refractivity contribution in [2.45, 2.75) is 111 Å². The molecule has 0 aromatic heterocycles. The van der Waals surface area contributed by atoms with E-state index >= 15 is 0 Å². The Bertz CT molecular complexity index is 990. The SMILES string of the molecule is COC(=O)[C@]12CCC(C)(C)C[C@H]1C1=CC[C@@H]3[C@@]4(C)[C@H](O)[C@@H](O)[C@H](O)[C@@](C)(CO)[C@@H]4CC[C@@]3(C)[C@]1(C)CC2. The molecule has 0 amide bonds. The van der Waals surface area contributed by atoms with Gasteiger partial charge in [0.1, 0.15) is 6.10 Å². The second kappa shape index (κ2) is 8.28. The van der Waals surface area contributed by atoms with E-state index in [2.05, 4.69) is 40.7 Å². The highest BCUT2D eigenvalue weighted by atomic mass is 16.5. The summed E-state index contributed by atoms with van der Waals surface area (Å²) < 4.78 is 5.45. The smallest absolute Gasteiger partial charge is 0.312 e. The molecule has 11 atom stereocenters. The number of hydrogen-bond donors (Lipinski definition) is 4. The maximum atomic E-state index is 13.4. The third kappa shape index (κ3) is 3.22. The van der Waals surface area contributed by atoms with E-state index in [0.717, 1.165) is 51.4 Å². The molecule has 6 nitrogen and oxygen atoms in total. The molecule has 4 N–H and O–H groups in total. The molecule has 0 bridgehead atoms. The van der Waals surface area contributed by atoms with Crippen molar-refractivity contribution >= 4 is 5.97 Å². The van der Waals surface area contributed by atoms with Crippen LogP contribution in [0.15, 0.2) is 11.6 Å². The molecule has 37 heavy (non-hydrogen) atoms. The summed E-state index contributed by atoms with van der Waals surface area (Å²) >= 11 is 0. The largest absolute Gasteiger partial charge is 0.469 e. The molecule has 4 fully saturated rings. The van der Waals surface area contributed by atoms with E-state index in [1.807, 2.05) is 6.92 Å². The molecule has 0 unspecified atom stereocenters. The lowest BCUT2D eigenvalue weighted by Gasteiger charge is -2.72. The van der Waals surface area contributed by atoms with Gasteiger partial charge in [-0.05, 0) is 85.4 Å². The number of rotatable bonds is 2. The Labute approximate surface area is 222 Å². The van der Waals surface area contributed by atoms with Gasteiger partial charge in [0.2, 0.25) is 0 Å². The maximum absolute atomic E-state index is 13.4. The lowest BCUT2D eigenvalue weighted by molar-refractivity contribution is -0.287. The molecule has 0 saturated heterocycles. The molecule has 0 aromatic rings. The van der Waals surface area contributed by atoms with Crippen LogP contribution in [-0.4, -0.2) is 58.4 Å². The number of carbonyl (C=O) groups is 1. The molecule has 5 rings (SSSR count). The summed E-state index contributed by atoms with van der Waals surface area (Å²) in [7, 11) is 1.53. The van der Waals surface area contributed by atoms with Crippen molar-refractivity contribution in [1.82, 2.24) is 0 Å². The van der Waals surface area contributed by atoms with Crippen molar-refractivity contribution in [3.63, 3.8) is 0 Å². The molecule has 6 heteroatoms. The molecule has 0 radical (unpaired) electrons. The summed E-state index contributed by atoms with van der Waals surface area (Å²) in [6.07, 6.45) is 5.91. The van der Waals surface area contributed by atoms with Crippen LogP contribution >= 0.6 is 0 Å². The second-order valence-corrected chi connectivity index (χ2v) is 15.3. The van der Waals surface area contributed by atoms with Gasteiger partial charge in [-0.15, -0.1) is 0 Å². The van der Waals surface area contributed by atoms with Gasteiger partial charge in [0, 0.05) is 10.8 Å². The number of carbonyl (C=O) groups excluding carboxylic acids is 1. The van der Waals surface area contributed by atoms with Gasteiger partial charge in [-0.1, -0.05) is 53.2 Å². The fourth-order valence-electron chi connectivity index (χ4n) is 10.9. The van der Waals surface area contributed by atoms with Gasteiger partial charge in [-0.2, -0.15) is 0 Å². The molecule has 0 aliphatic heterocycles. The Kier molecular flexibility index (Phi) is 6.18. The van der Waals surface area contributed by atoms with Crippen LogP contribution in [0.1, 0.15) is 92.9 Å². The van der Waals surface area contributed by atoms with E-state index in [4.69, 9.17) is 4.74 Å². The van der Waals surface area contributed by atoms with Gasteiger partial charge in [0.25, 0.3) is 0 Å². The molecule has 5 aliphatic rings. The fraction of sp³-hybridized carbons (Fsp3) is 0.903. The van der Waals surface area contributed by atoms with E-state index in [9.17, 15) is 25.2 Å². The van der Waals surface area contributed by atoms with E-state index in [1.165, 1.54) is 12.7 Å². The number of fused-ring (bicyclic) bond motifs is 7. The van der Waals surface area contributed by atoms with Crippen LogP contribution in [0.3, 0.4) is 0 Å². The van der Waals surface area contributed by atoms with Gasteiger partial charge >= 0.3 is 5.97 Å². The summed E-state index contributed by atoms with van der Waals surface area (Å²) in [4.78, 5) is 13.4. The molecule has 4 saturated carbocycles. The summed E-state index contributed by atoms with van der Waals surface area (Å²) in [5.74, 6) is 0.0636. The number of hydrogen-bond acceptors (Lipinski definition) is 6. The van der Waals surface area contributed by atoms with E-state index < -0.39 is 34.6 Å². The Balaban J connectivity index is 1.63. The number of methoxy groups -OCH3 is 1. The first-order valence-corrected chi connectivity index (χ1v) is 14.5. The number of ether oxygens (including phenoxy) is 1. The number of esters is 1. The topological polar surface area (TPSA) is 107 Å². The third-order valence-corrected chi connectivity index (χ3v) is 13.5. The fourth-order valence-corrected chi connectivity index (χ4v) is 10.9. The molecular formula is C31H50O6. The van der Waals surface area contributed by atoms with E-state index in [1.54, 1.807) is 0 Å². The summed E-state index contributed by atoms with van der Waals surface area (Å²) in [5.41, 5.74) is -0.711. The quantitative estimate of drug-likeness (QED) is 0.322. The highest BCUT2D eigenvalue weighted by Crippen LogP contribution is 2.75. The van der Waals surface area contributed by atoms with Crippen molar-refractivity contribution in [3.8, 4) is 0 Å². The second-order valence-electron chi connectivity index (χ2n) is 15.3. The van der Waals surface area contributed by atoms with Gasteiger partial charge in [0.05, 0.1) is 31.3 Å². The summed E-state index contributed by atoms with van der Waals surface area (Å²) in [6.45, 7) is 13.2. The lowest BCUT2D eigenvalue weighted by Crippen LogP contribution is -2.73. The molecule has 210 valence electrons. The number of allylic oxidation sites excluding steroid dienone is 2. The van der Waals surface area contributed by atoms with Crippen molar-refractivity contribution in [2.75, 3.05) is 13.7 Å². The predicted molar refractivity (Wildman–Crippen MR) is 141 cm³/mol. The maximum Gasteiger partial charge on any atom is 0.312 e. The van der Waals surface area contributed by atoms with E-state index in [0.29, 0.717) is 0 Å². The average Bonchev–Trinajstić information content (AvgIpc) is 2.86. The monoisotopic (exact) mass is 518 g/mol. The van der Waals surface area contributed by atoms with Crippen LogP contribution in [0.5, 0.6) is 0 Å². The summed E-state index contributed by atoms with van der Waals surface area (Å²) in [6, 6.07) is 0. The van der Waals surface area contributed by atoms with Crippen molar-refractivity contribution in [3.05, 3.63) is 11.6 Å². The molecule has 0 aromatic carbocycles. The Hall–Kier alpha value is -0.950. The minimum atomic E-state index is -1.29. The average molecular weight is 519 g/mol. The highest BCUT2D eigenvalue weighted by molar-refractivity contribution is 5.78.